The van der Waals surface area contributed by atoms with Crippen LogP contribution in [-0.4, -0.2) is 28.6 Å². The molecule has 30 heavy (non-hydrogen) atoms. The first-order chi connectivity index (χ1) is 14.2. The van der Waals surface area contributed by atoms with Crippen molar-refractivity contribution in [3.05, 3.63) is 84.4 Å². The van der Waals surface area contributed by atoms with E-state index in [1.807, 2.05) is 60.7 Å². The molecule has 0 saturated heterocycles. The zero-order chi connectivity index (χ0) is 22.1. The van der Waals surface area contributed by atoms with Crippen molar-refractivity contribution in [3.8, 4) is 0 Å². The highest BCUT2D eigenvalue weighted by atomic mass is 16.6. The van der Waals surface area contributed by atoms with Gasteiger partial charge in [0.05, 0.1) is 6.04 Å². The molecule has 1 unspecified atom stereocenters. The van der Waals surface area contributed by atoms with Crippen molar-refractivity contribution in [2.75, 3.05) is 0 Å². The van der Waals surface area contributed by atoms with Gasteiger partial charge in [-0.1, -0.05) is 66.7 Å². The third kappa shape index (κ3) is 6.77. The van der Waals surface area contributed by atoms with Gasteiger partial charge in [0.2, 0.25) is 5.96 Å². The summed E-state index contributed by atoms with van der Waals surface area (Å²) < 4.78 is 10.6. The fourth-order valence-electron chi connectivity index (χ4n) is 2.61. The van der Waals surface area contributed by atoms with Crippen molar-refractivity contribution >= 4 is 18.1 Å². The molecule has 7 heteroatoms. The molecule has 0 bridgehead atoms. The van der Waals surface area contributed by atoms with E-state index >= 15 is 0 Å². The Labute approximate surface area is 176 Å². The largest absolute Gasteiger partial charge is 0.444 e. The molecule has 0 fully saturated rings. The lowest BCUT2D eigenvalue weighted by Crippen LogP contribution is -2.44. The molecule has 7 nitrogen and oxygen atoms in total. The van der Waals surface area contributed by atoms with Crippen LogP contribution in [0.2, 0.25) is 0 Å². The molecule has 0 radical (unpaired) electrons. The normalized spacial score (nSPS) is 12.6. The molecule has 0 aliphatic heterocycles. The number of nitrogens with two attached hydrogens (primary N) is 1. The van der Waals surface area contributed by atoms with E-state index in [1.54, 1.807) is 20.8 Å². The van der Waals surface area contributed by atoms with Gasteiger partial charge >= 0.3 is 12.2 Å². The molecule has 0 spiro atoms. The van der Waals surface area contributed by atoms with E-state index in [2.05, 4.69) is 11.6 Å². The second-order valence-corrected chi connectivity index (χ2v) is 7.45. The minimum atomic E-state index is -0.906. The van der Waals surface area contributed by atoms with E-state index < -0.39 is 23.8 Å². The van der Waals surface area contributed by atoms with Crippen molar-refractivity contribution < 1.29 is 19.1 Å². The van der Waals surface area contributed by atoms with E-state index in [0.29, 0.717) is 0 Å². The number of rotatable bonds is 5. The second-order valence-electron chi connectivity index (χ2n) is 7.45. The first-order valence-corrected chi connectivity index (χ1v) is 9.46. The number of nitrogens with zero attached hydrogens (tertiary/aromatic N) is 2. The molecule has 0 aromatic heterocycles. The van der Waals surface area contributed by atoms with E-state index in [1.165, 1.54) is 6.08 Å². The van der Waals surface area contributed by atoms with Crippen LogP contribution < -0.4 is 5.73 Å². The van der Waals surface area contributed by atoms with Crippen LogP contribution in [0.4, 0.5) is 9.59 Å². The van der Waals surface area contributed by atoms with Crippen LogP contribution in [0.5, 0.6) is 0 Å². The molecular weight excluding hydrogens is 382 g/mol. The minimum absolute atomic E-state index is 0.0363. The van der Waals surface area contributed by atoms with Crippen LogP contribution >= 0.6 is 0 Å². The van der Waals surface area contributed by atoms with Gasteiger partial charge in [0.1, 0.15) is 12.2 Å². The first-order valence-electron chi connectivity index (χ1n) is 9.46. The summed E-state index contributed by atoms with van der Waals surface area (Å²) in [7, 11) is 0. The van der Waals surface area contributed by atoms with Gasteiger partial charge in [0.25, 0.3) is 0 Å². The second kappa shape index (κ2) is 10.2. The zero-order valence-corrected chi connectivity index (χ0v) is 17.4. The standard InChI is InChI=1S/C23H27N3O4/c1-5-19(18-14-10-7-11-15-18)26(20(24)25-21(27)30-23(2,3)4)22(28)29-16-17-12-8-6-9-13-17/h5-15,19H,1,16H2,2-4H3,(H2,24,25,27). The maximum absolute atomic E-state index is 12.9. The summed E-state index contributed by atoms with van der Waals surface area (Å²) in [6.07, 6.45) is -0.148. The molecule has 0 saturated carbocycles. The molecule has 158 valence electrons. The molecule has 2 rings (SSSR count). The molecule has 0 aliphatic carbocycles. The van der Waals surface area contributed by atoms with Gasteiger partial charge in [-0.05, 0) is 31.9 Å². The number of hydrogen-bond acceptors (Lipinski definition) is 4. The number of carbonyl (C=O) groups excluding carboxylic acids is 2. The lowest BCUT2D eigenvalue weighted by molar-refractivity contribution is 0.0601. The third-order valence-electron chi connectivity index (χ3n) is 3.89. The first kappa shape index (κ1) is 22.7. The number of amides is 2. The van der Waals surface area contributed by atoms with Gasteiger partial charge in [-0.2, -0.15) is 0 Å². The molecule has 1 atom stereocenters. The number of carbonyl (C=O) groups is 2. The lowest BCUT2D eigenvalue weighted by Gasteiger charge is -2.28. The van der Waals surface area contributed by atoms with Crippen LogP contribution in [0.15, 0.2) is 78.3 Å². The zero-order valence-electron chi connectivity index (χ0n) is 17.4. The van der Waals surface area contributed by atoms with Gasteiger partial charge in [-0.3, -0.25) is 0 Å². The van der Waals surface area contributed by atoms with Crippen molar-refractivity contribution in [1.29, 1.82) is 0 Å². The van der Waals surface area contributed by atoms with Crippen LogP contribution in [0.3, 0.4) is 0 Å². The molecule has 2 aromatic rings. The molecule has 0 aliphatic rings. The molecule has 2 aromatic carbocycles. The summed E-state index contributed by atoms with van der Waals surface area (Å²) in [5.74, 6) is -0.351. The summed E-state index contributed by atoms with van der Waals surface area (Å²) in [5, 5.41) is 0. The Bertz CT molecular complexity index is 890. The van der Waals surface area contributed by atoms with Crippen molar-refractivity contribution in [2.45, 2.75) is 39.0 Å². The highest BCUT2D eigenvalue weighted by Gasteiger charge is 2.29. The number of benzene rings is 2. The van der Waals surface area contributed by atoms with E-state index in [9.17, 15) is 9.59 Å². The fraction of sp³-hybridized carbons (Fsp3) is 0.261. The summed E-state index contributed by atoms with van der Waals surface area (Å²) in [4.78, 5) is 29.9. The van der Waals surface area contributed by atoms with Gasteiger partial charge < -0.3 is 15.2 Å². The van der Waals surface area contributed by atoms with Crippen molar-refractivity contribution in [1.82, 2.24) is 4.90 Å². The molecule has 2 amide bonds. The smallest absolute Gasteiger partial charge is 0.437 e. The summed E-state index contributed by atoms with van der Waals surface area (Å²) >= 11 is 0. The predicted octanol–water partition coefficient (Wildman–Crippen LogP) is 4.80. The topological polar surface area (TPSA) is 94.2 Å². The Morgan fingerprint density at radius 2 is 1.67 bits per heavy atom. The van der Waals surface area contributed by atoms with E-state index in [-0.39, 0.29) is 12.6 Å². The fourth-order valence-corrected chi connectivity index (χ4v) is 2.61. The predicted molar refractivity (Wildman–Crippen MR) is 116 cm³/mol. The number of hydrogen-bond donors (Lipinski definition) is 1. The molecule has 2 N–H and O–H groups in total. The van der Waals surface area contributed by atoms with Crippen LogP contribution in [0, 0.1) is 0 Å². The highest BCUT2D eigenvalue weighted by Crippen LogP contribution is 2.23. The Balaban J connectivity index is 2.32. The van der Waals surface area contributed by atoms with Gasteiger partial charge in [0.15, 0.2) is 0 Å². The van der Waals surface area contributed by atoms with Gasteiger partial charge in [-0.15, -0.1) is 11.6 Å². The highest BCUT2D eigenvalue weighted by molar-refractivity contribution is 5.98. The maximum Gasteiger partial charge on any atom is 0.437 e. The average Bonchev–Trinajstić information content (AvgIpc) is 2.70. The van der Waals surface area contributed by atoms with Crippen molar-refractivity contribution in [3.63, 3.8) is 0 Å². The van der Waals surface area contributed by atoms with Gasteiger partial charge in [-0.25, -0.2) is 14.5 Å². The van der Waals surface area contributed by atoms with E-state index in [0.717, 1.165) is 16.0 Å². The number of ether oxygens (including phenoxy) is 2. The Morgan fingerprint density at radius 1 is 1.10 bits per heavy atom. The SMILES string of the molecule is C=CC(c1ccccc1)N(C(=O)OCc1ccccc1)/C(N)=N/C(=O)OC(C)(C)C. The maximum atomic E-state index is 12.9. The Morgan fingerprint density at radius 3 is 2.20 bits per heavy atom. The number of aliphatic imine (C=N–C) groups is 1. The molecular formula is C23H27N3O4. The third-order valence-corrected chi connectivity index (χ3v) is 3.89. The lowest BCUT2D eigenvalue weighted by atomic mass is 10.1. The van der Waals surface area contributed by atoms with Crippen molar-refractivity contribution in [2.24, 2.45) is 10.7 Å². The summed E-state index contributed by atoms with van der Waals surface area (Å²) in [5.41, 5.74) is 6.83. The summed E-state index contributed by atoms with van der Waals surface area (Å²) in [6.45, 7) is 8.96. The molecule has 0 heterocycles. The summed E-state index contributed by atoms with van der Waals surface area (Å²) in [6, 6.07) is 17.6. The monoisotopic (exact) mass is 409 g/mol. The average molecular weight is 409 g/mol. The quantitative estimate of drug-likeness (QED) is 0.435. The van der Waals surface area contributed by atoms with Crippen LogP contribution in [0.1, 0.15) is 37.9 Å². The Kier molecular flexibility index (Phi) is 7.75. The Hall–Kier alpha value is -3.61. The minimum Gasteiger partial charge on any atom is -0.444 e. The van der Waals surface area contributed by atoms with E-state index in [4.69, 9.17) is 15.2 Å². The van der Waals surface area contributed by atoms with Crippen LogP contribution in [0.25, 0.3) is 0 Å². The van der Waals surface area contributed by atoms with Crippen LogP contribution in [-0.2, 0) is 16.1 Å². The number of guanidine groups is 1. The van der Waals surface area contributed by atoms with Gasteiger partial charge in [0, 0.05) is 0 Å².